The number of carbonyl (C=O) groups is 3. The third kappa shape index (κ3) is 5.26. The highest BCUT2D eigenvalue weighted by Gasteiger charge is 2.17. The number of benzene rings is 2. The molecule has 0 radical (unpaired) electrons. The number of thiazole rings is 1. The first kappa shape index (κ1) is 20.2. The first-order valence-electron chi connectivity index (χ1n) is 8.91. The smallest absolute Gasteiger partial charge is 0.281 e. The molecule has 148 valence electrons. The van der Waals surface area contributed by atoms with E-state index in [0.29, 0.717) is 16.1 Å². The number of hydrogen-bond donors (Lipinski definition) is 3. The predicted octanol–water partition coefficient (Wildman–Crippen LogP) is 2.62. The SMILES string of the molecule is Cc1cccc(C(=O)NCC(=O)NNC(=O)c2sc(-c3ccccc3)nc2C)c1. The highest BCUT2D eigenvalue weighted by atomic mass is 32.1. The number of nitrogens with one attached hydrogen (secondary N) is 3. The number of rotatable bonds is 5. The van der Waals surface area contributed by atoms with E-state index in [1.165, 1.54) is 11.3 Å². The maximum absolute atomic E-state index is 12.4. The number of aryl methyl sites for hydroxylation is 2. The van der Waals surface area contributed by atoms with Gasteiger partial charge in [0.2, 0.25) is 0 Å². The average molecular weight is 408 g/mol. The van der Waals surface area contributed by atoms with Crippen LogP contribution in [0.3, 0.4) is 0 Å². The summed E-state index contributed by atoms with van der Waals surface area (Å²) in [5, 5.41) is 3.24. The molecule has 2 aromatic carbocycles. The van der Waals surface area contributed by atoms with Gasteiger partial charge in [0.25, 0.3) is 17.7 Å². The molecule has 3 rings (SSSR count). The Labute approximate surface area is 172 Å². The van der Waals surface area contributed by atoms with Crippen LogP contribution in [0, 0.1) is 13.8 Å². The summed E-state index contributed by atoms with van der Waals surface area (Å²) in [6.07, 6.45) is 0. The van der Waals surface area contributed by atoms with Crippen molar-refractivity contribution in [3.05, 3.63) is 76.3 Å². The van der Waals surface area contributed by atoms with Gasteiger partial charge in [-0.2, -0.15) is 0 Å². The topological polar surface area (TPSA) is 100 Å². The van der Waals surface area contributed by atoms with Crippen molar-refractivity contribution in [2.24, 2.45) is 0 Å². The first-order valence-corrected chi connectivity index (χ1v) is 9.72. The molecule has 8 heteroatoms. The molecule has 0 aliphatic carbocycles. The molecule has 3 N–H and O–H groups in total. The van der Waals surface area contributed by atoms with Gasteiger partial charge in [0.1, 0.15) is 9.88 Å². The Morgan fingerprint density at radius 3 is 2.41 bits per heavy atom. The molecule has 0 aliphatic heterocycles. The Morgan fingerprint density at radius 2 is 1.69 bits per heavy atom. The van der Waals surface area contributed by atoms with E-state index < -0.39 is 11.8 Å². The molecule has 0 aliphatic rings. The first-order chi connectivity index (χ1) is 13.9. The van der Waals surface area contributed by atoms with Crippen molar-refractivity contribution in [2.45, 2.75) is 13.8 Å². The van der Waals surface area contributed by atoms with Crippen LogP contribution in [0.15, 0.2) is 54.6 Å². The van der Waals surface area contributed by atoms with Gasteiger partial charge in [0.15, 0.2) is 0 Å². The van der Waals surface area contributed by atoms with E-state index in [2.05, 4.69) is 21.2 Å². The number of nitrogens with zero attached hydrogens (tertiary/aromatic N) is 1. The van der Waals surface area contributed by atoms with Gasteiger partial charge in [0, 0.05) is 11.1 Å². The summed E-state index contributed by atoms with van der Waals surface area (Å²) in [6.45, 7) is 3.36. The zero-order chi connectivity index (χ0) is 20.8. The van der Waals surface area contributed by atoms with Gasteiger partial charge in [-0.1, -0.05) is 48.0 Å². The van der Waals surface area contributed by atoms with Gasteiger partial charge in [-0.15, -0.1) is 11.3 Å². The third-order valence-electron chi connectivity index (χ3n) is 4.03. The normalized spacial score (nSPS) is 10.3. The Morgan fingerprint density at radius 1 is 0.931 bits per heavy atom. The van der Waals surface area contributed by atoms with Crippen molar-refractivity contribution in [3.8, 4) is 10.6 Å². The maximum Gasteiger partial charge on any atom is 0.281 e. The fourth-order valence-electron chi connectivity index (χ4n) is 2.59. The number of aromatic nitrogens is 1. The predicted molar refractivity (Wildman–Crippen MR) is 111 cm³/mol. The van der Waals surface area contributed by atoms with E-state index in [-0.39, 0.29) is 12.5 Å². The van der Waals surface area contributed by atoms with Crippen molar-refractivity contribution < 1.29 is 14.4 Å². The summed E-state index contributed by atoms with van der Waals surface area (Å²) >= 11 is 1.25. The van der Waals surface area contributed by atoms with E-state index >= 15 is 0 Å². The summed E-state index contributed by atoms with van der Waals surface area (Å²) in [7, 11) is 0. The maximum atomic E-state index is 12.4. The summed E-state index contributed by atoms with van der Waals surface area (Å²) < 4.78 is 0. The molecular weight excluding hydrogens is 388 g/mol. The highest BCUT2D eigenvalue weighted by Crippen LogP contribution is 2.27. The van der Waals surface area contributed by atoms with Crippen LogP contribution >= 0.6 is 11.3 Å². The molecule has 3 aromatic rings. The van der Waals surface area contributed by atoms with Gasteiger partial charge >= 0.3 is 0 Å². The Hall–Kier alpha value is -3.52. The molecule has 29 heavy (non-hydrogen) atoms. The van der Waals surface area contributed by atoms with E-state index in [9.17, 15) is 14.4 Å². The largest absolute Gasteiger partial charge is 0.343 e. The summed E-state index contributed by atoms with van der Waals surface area (Å²) in [5.74, 6) is -1.36. The molecule has 0 spiro atoms. The number of carbonyl (C=O) groups excluding carboxylic acids is 3. The molecule has 1 heterocycles. The van der Waals surface area contributed by atoms with Crippen molar-refractivity contribution in [1.82, 2.24) is 21.2 Å². The van der Waals surface area contributed by atoms with E-state index in [1.807, 2.05) is 43.3 Å². The number of amides is 3. The Bertz CT molecular complexity index is 1050. The fraction of sp³-hybridized carbons (Fsp3) is 0.143. The zero-order valence-electron chi connectivity index (χ0n) is 16.0. The van der Waals surface area contributed by atoms with Crippen molar-refractivity contribution >= 4 is 29.1 Å². The number of hydrazine groups is 1. The number of hydrogen-bond acceptors (Lipinski definition) is 5. The van der Waals surface area contributed by atoms with Crippen molar-refractivity contribution in [3.63, 3.8) is 0 Å². The van der Waals surface area contributed by atoms with Crippen LogP contribution in [-0.4, -0.2) is 29.3 Å². The van der Waals surface area contributed by atoms with Gasteiger partial charge in [-0.05, 0) is 26.0 Å². The second-order valence-electron chi connectivity index (χ2n) is 6.35. The second-order valence-corrected chi connectivity index (χ2v) is 7.35. The van der Waals surface area contributed by atoms with E-state index in [4.69, 9.17) is 0 Å². The molecule has 0 saturated carbocycles. The van der Waals surface area contributed by atoms with Crippen LogP contribution in [0.2, 0.25) is 0 Å². The lowest BCUT2D eigenvalue weighted by molar-refractivity contribution is -0.120. The van der Waals surface area contributed by atoms with Crippen LogP contribution in [-0.2, 0) is 4.79 Å². The van der Waals surface area contributed by atoms with Crippen LogP contribution in [0.5, 0.6) is 0 Å². The van der Waals surface area contributed by atoms with Gasteiger partial charge in [-0.25, -0.2) is 4.98 Å². The van der Waals surface area contributed by atoms with Crippen LogP contribution in [0.4, 0.5) is 0 Å². The second kappa shape index (κ2) is 9.11. The molecule has 1 aromatic heterocycles. The Kier molecular flexibility index (Phi) is 6.36. The standard InChI is InChI=1S/C21H20N4O3S/c1-13-7-6-10-16(11-13)19(27)22-12-17(26)24-25-20(28)18-14(2)23-21(29-18)15-8-4-3-5-9-15/h3-11H,12H2,1-2H3,(H,22,27)(H,24,26)(H,25,28). The van der Waals surface area contributed by atoms with Crippen molar-refractivity contribution in [1.29, 1.82) is 0 Å². The molecule has 3 amide bonds. The minimum atomic E-state index is -0.537. The zero-order valence-corrected chi connectivity index (χ0v) is 16.8. The minimum absolute atomic E-state index is 0.260. The third-order valence-corrected chi connectivity index (χ3v) is 5.23. The molecule has 0 bridgehead atoms. The molecule has 0 saturated heterocycles. The fourth-order valence-corrected chi connectivity index (χ4v) is 3.55. The lowest BCUT2D eigenvalue weighted by Crippen LogP contribution is -2.46. The van der Waals surface area contributed by atoms with Gasteiger partial charge in [-0.3, -0.25) is 25.2 Å². The monoisotopic (exact) mass is 408 g/mol. The summed E-state index contributed by atoms with van der Waals surface area (Å²) in [4.78, 5) is 41.2. The van der Waals surface area contributed by atoms with Crippen LogP contribution in [0.1, 0.15) is 31.3 Å². The molecule has 7 nitrogen and oxygen atoms in total. The molecule has 0 unspecified atom stereocenters. The van der Waals surface area contributed by atoms with Crippen LogP contribution < -0.4 is 16.2 Å². The summed E-state index contributed by atoms with van der Waals surface area (Å²) in [5.41, 5.74) is 7.57. The van der Waals surface area contributed by atoms with Gasteiger partial charge < -0.3 is 5.32 Å². The highest BCUT2D eigenvalue weighted by molar-refractivity contribution is 7.17. The van der Waals surface area contributed by atoms with E-state index in [1.54, 1.807) is 25.1 Å². The minimum Gasteiger partial charge on any atom is -0.343 e. The van der Waals surface area contributed by atoms with E-state index in [0.717, 1.165) is 16.1 Å². The Balaban J connectivity index is 1.52. The lowest BCUT2D eigenvalue weighted by Gasteiger charge is -2.08. The molecular formula is C21H20N4O3S. The van der Waals surface area contributed by atoms with Gasteiger partial charge in [0.05, 0.1) is 12.2 Å². The van der Waals surface area contributed by atoms with Crippen molar-refractivity contribution in [2.75, 3.05) is 6.54 Å². The van der Waals surface area contributed by atoms with Crippen LogP contribution in [0.25, 0.3) is 10.6 Å². The lowest BCUT2D eigenvalue weighted by atomic mass is 10.1. The molecule has 0 fully saturated rings. The quantitative estimate of drug-likeness (QED) is 0.565. The summed E-state index contributed by atoms with van der Waals surface area (Å²) in [6, 6.07) is 16.6. The molecule has 0 atom stereocenters. The average Bonchev–Trinajstić information content (AvgIpc) is 3.12.